The Morgan fingerprint density at radius 3 is 2.41 bits per heavy atom. The molecule has 0 aromatic heterocycles. The lowest BCUT2D eigenvalue weighted by Crippen LogP contribution is -2.00. The zero-order valence-electron chi connectivity index (χ0n) is 9.94. The minimum absolute atomic E-state index is 0.788. The summed E-state index contributed by atoms with van der Waals surface area (Å²) in [6, 6.07) is 16.1. The van der Waals surface area contributed by atoms with E-state index in [9.17, 15) is 0 Å². The molecule has 0 spiro atoms. The van der Waals surface area contributed by atoms with Crippen LogP contribution in [-0.4, -0.2) is 7.11 Å². The predicted molar refractivity (Wildman–Crippen MR) is 71.2 cm³/mol. The van der Waals surface area contributed by atoms with Crippen molar-refractivity contribution < 1.29 is 4.74 Å². The molecule has 0 heterocycles. The number of anilines is 1. The Morgan fingerprint density at radius 1 is 1.06 bits per heavy atom. The highest BCUT2D eigenvalue weighted by molar-refractivity contribution is 5.52. The standard InChI is InChI=1S/C15H16NO/c1-12-5-3-4-6-15(12)16-11-13-7-9-14(17-2)10-8-13/h3-10,16H,1,11H2,2H3. The van der Waals surface area contributed by atoms with Crippen LogP contribution in [0.5, 0.6) is 5.75 Å². The third kappa shape index (κ3) is 3.00. The smallest absolute Gasteiger partial charge is 0.118 e. The van der Waals surface area contributed by atoms with E-state index >= 15 is 0 Å². The fourth-order valence-corrected chi connectivity index (χ4v) is 1.63. The summed E-state index contributed by atoms with van der Waals surface area (Å²) in [6.45, 7) is 4.77. The molecule has 2 aromatic rings. The quantitative estimate of drug-likeness (QED) is 0.861. The molecule has 0 fully saturated rings. The highest BCUT2D eigenvalue weighted by Gasteiger charge is 1.97. The maximum absolute atomic E-state index is 5.12. The minimum atomic E-state index is 0.788. The maximum Gasteiger partial charge on any atom is 0.118 e. The van der Waals surface area contributed by atoms with Crippen LogP contribution in [0.3, 0.4) is 0 Å². The van der Waals surface area contributed by atoms with Gasteiger partial charge in [-0.05, 0) is 36.2 Å². The molecule has 2 aromatic carbocycles. The molecule has 17 heavy (non-hydrogen) atoms. The van der Waals surface area contributed by atoms with Gasteiger partial charge in [0.2, 0.25) is 0 Å². The second-order valence-electron chi connectivity index (χ2n) is 3.86. The molecule has 0 atom stereocenters. The van der Waals surface area contributed by atoms with Crippen molar-refractivity contribution in [1.29, 1.82) is 0 Å². The van der Waals surface area contributed by atoms with Gasteiger partial charge in [-0.15, -0.1) is 0 Å². The molecule has 1 radical (unpaired) electrons. The first-order valence-electron chi connectivity index (χ1n) is 5.57. The second kappa shape index (κ2) is 5.39. The fraction of sp³-hybridized carbons (Fsp3) is 0.133. The van der Waals surface area contributed by atoms with Gasteiger partial charge in [0.05, 0.1) is 7.11 Å². The number of methoxy groups -OCH3 is 1. The Bertz CT molecular complexity index is 477. The summed E-state index contributed by atoms with van der Waals surface area (Å²) >= 11 is 0. The van der Waals surface area contributed by atoms with Crippen LogP contribution in [0.25, 0.3) is 0 Å². The number of rotatable bonds is 4. The normalized spacial score (nSPS) is 10.0. The first-order valence-corrected chi connectivity index (χ1v) is 5.57. The van der Waals surface area contributed by atoms with E-state index in [1.807, 2.05) is 36.4 Å². The molecule has 0 aliphatic carbocycles. The Morgan fingerprint density at radius 2 is 1.76 bits per heavy atom. The average molecular weight is 226 g/mol. The van der Waals surface area contributed by atoms with E-state index in [2.05, 4.69) is 24.4 Å². The summed E-state index contributed by atoms with van der Waals surface area (Å²) in [5.74, 6) is 0.881. The van der Waals surface area contributed by atoms with Crippen molar-refractivity contribution in [3.05, 3.63) is 66.6 Å². The zero-order valence-corrected chi connectivity index (χ0v) is 9.94. The summed E-state index contributed by atoms with van der Waals surface area (Å²) < 4.78 is 5.12. The first-order chi connectivity index (χ1) is 8.29. The minimum Gasteiger partial charge on any atom is -0.497 e. The molecule has 2 rings (SSSR count). The molecule has 0 saturated heterocycles. The lowest BCUT2D eigenvalue weighted by atomic mass is 10.2. The van der Waals surface area contributed by atoms with Crippen molar-refractivity contribution >= 4 is 5.69 Å². The van der Waals surface area contributed by atoms with E-state index in [1.165, 1.54) is 5.56 Å². The molecule has 0 unspecified atom stereocenters. The largest absolute Gasteiger partial charge is 0.497 e. The summed E-state index contributed by atoms with van der Waals surface area (Å²) in [4.78, 5) is 0. The average Bonchev–Trinajstić information content (AvgIpc) is 2.38. The van der Waals surface area contributed by atoms with Crippen molar-refractivity contribution in [3.63, 3.8) is 0 Å². The number of benzene rings is 2. The van der Waals surface area contributed by atoms with Gasteiger partial charge in [0, 0.05) is 12.2 Å². The van der Waals surface area contributed by atoms with E-state index in [0.29, 0.717) is 0 Å². The van der Waals surface area contributed by atoms with E-state index in [4.69, 9.17) is 4.74 Å². The Hall–Kier alpha value is -1.96. The highest BCUT2D eigenvalue weighted by Crippen LogP contribution is 2.16. The van der Waals surface area contributed by atoms with Crippen LogP contribution < -0.4 is 10.1 Å². The van der Waals surface area contributed by atoms with Crippen LogP contribution in [0.15, 0.2) is 48.5 Å². The molecule has 87 valence electrons. The molecule has 0 aliphatic rings. The fourth-order valence-electron chi connectivity index (χ4n) is 1.63. The van der Waals surface area contributed by atoms with Gasteiger partial charge >= 0.3 is 0 Å². The maximum atomic E-state index is 5.12. The lowest BCUT2D eigenvalue weighted by Gasteiger charge is -2.09. The molecule has 0 aliphatic heterocycles. The predicted octanol–water partition coefficient (Wildman–Crippen LogP) is 3.49. The molecule has 0 bridgehead atoms. The van der Waals surface area contributed by atoms with Crippen LogP contribution >= 0.6 is 0 Å². The van der Waals surface area contributed by atoms with Gasteiger partial charge in [-0.2, -0.15) is 0 Å². The highest BCUT2D eigenvalue weighted by atomic mass is 16.5. The Kier molecular flexibility index (Phi) is 3.66. The van der Waals surface area contributed by atoms with E-state index in [-0.39, 0.29) is 0 Å². The van der Waals surface area contributed by atoms with Gasteiger partial charge < -0.3 is 10.1 Å². The second-order valence-corrected chi connectivity index (χ2v) is 3.86. The Labute approximate surface area is 102 Å². The van der Waals surface area contributed by atoms with Gasteiger partial charge in [0.15, 0.2) is 0 Å². The number of hydrogen-bond acceptors (Lipinski definition) is 2. The van der Waals surface area contributed by atoms with Crippen molar-refractivity contribution in [2.75, 3.05) is 12.4 Å². The van der Waals surface area contributed by atoms with Crippen LogP contribution in [0.2, 0.25) is 0 Å². The van der Waals surface area contributed by atoms with Gasteiger partial charge in [0.1, 0.15) is 5.75 Å². The molecule has 1 N–H and O–H groups in total. The van der Waals surface area contributed by atoms with Crippen LogP contribution in [0.1, 0.15) is 11.1 Å². The molecule has 0 amide bonds. The van der Waals surface area contributed by atoms with Crippen LogP contribution in [0.4, 0.5) is 5.69 Å². The molecule has 0 saturated carbocycles. The van der Waals surface area contributed by atoms with Gasteiger partial charge in [-0.1, -0.05) is 30.3 Å². The van der Waals surface area contributed by atoms with E-state index in [0.717, 1.165) is 23.5 Å². The zero-order chi connectivity index (χ0) is 12.1. The molecular formula is C15H16NO. The molecule has 2 heteroatoms. The van der Waals surface area contributed by atoms with Crippen molar-refractivity contribution in [2.45, 2.75) is 6.54 Å². The van der Waals surface area contributed by atoms with E-state index in [1.54, 1.807) is 7.11 Å². The monoisotopic (exact) mass is 226 g/mol. The number of para-hydroxylation sites is 1. The summed E-state index contributed by atoms with van der Waals surface area (Å²) in [5.41, 5.74) is 3.30. The van der Waals surface area contributed by atoms with Crippen molar-refractivity contribution in [1.82, 2.24) is 0 Å². The number of ether oxygens (including phenoxy) is 1. The third-order valence-electron chi connectivity index (χ3n) is 2.66. The van der Waals surface area contributed by atoms with Crippen LogP contribution in [0, 0.1) is 6.92 Å². The third-order valence-corrected chi connectivity index (χ3v) is 2.66. The SMILES string of the molecule is [CH2]c1ccccc1NCc1ccc(OC)cc1. The summed E-state index contributed by atoms with van der Waals surface area (Å²) in [5, 5.41) is 3.36. The van der Waals surface area contributed by atoms with Crippen molar-refractivity contribution in [3.8, 4) is 5.75 Å². The molecule has 2 nitrogen and oxygen atoms in total. The lowest BCUT2D eigenvalue weighted by molar-refractivity contribution is 0.414. The topological polar surface area (TPSA) is 21.3 Å². The molecular weight excluding hydrogens is 210 g/mol. The van der Waals surface area contributed by atoms with Gasteiger partial charge in [0.25, 0.3) is 0 Å². The summed E-state index contributed by atoms with van der Waals surface area (Å²) in [6.07, 6.45) is 0. The van der Waals surface area contributed by atoms with Gasteiger partial charge in [-0.3, -0.25) is 0 Å². The van der Waals surface area contributed by atoms with Crippen molar-refractivity contribution in [2.24, 2.45) is 0 Å². The first kappa shape index (κ1) is 11.5. The number of nitrogens with one attached hydrogen (secondary N) is 1. The number of hydrogen-bond donors (Lipinski definition) is 1. The van der Waals surface area contributed by atoms with Gasteiger partial charge in [-0.25, -0.2) is 0 Å². The Balaban J connectivity index is 2.00. The van der Waals surface area contributed by atoms with E-state index < -0.39 is 0 Å². The van der Waals surface area contributed by atoms with Crippen LogP contribution in [-0.2, 0) is 6.54 Å². The summed E-state index contributed by atoms with van der Waals surface area (Å²) in [7, 11) is 1.67.